The summed E-state index contributed by atoms with van der Waals surface area (Å²) < 4.78 is 0. The van der Waals surface area contributed by atoms with Crippen molar-refractivity contribution in [3.63, 3.8) is 0 Å². The lowest BCUT2D eigenvalue weighted by Gasteiger charge is -2.13. The van der Waals surface area contributed by atoms with Gasteiger partial charge in [0.25, 0.3) is 0 Å². The molecule has 1 aromatic rings. The van der Waals surface area contributed by atoms with Gasteiger partial charge >= 0.3 is 5.97 Å². The minimum atomic E-state index is -0.851. The molecule has 1 aliphatic carbocycles. The van der Waals surface area contributed by atoms with Crippen molar-refractivity contribution >= 4 is 22.4 Å². The minimum Gasteiger partial charge on any atom is -0.477 e. The Kier molecular flexibility index (Phi) is 3.14. The molecule has 1 saturated carbocycles. The highest BCUT2D eigenvalue weighted by Gasteiger charge is 2.29. The van der Waals surface area contributed by atoms with Crippen molar-refractivity contribution in [2.24, 2.45) is 0 Å². The summed E-state index contributed by atoms with van der Waals surface area (Å²) in [5.41, 5.74) is 0.738. The van der Waals surface area contributed by atoms with Gasteiger partial charge in [-0.1, -0.05) is 24.7 Å². The van der Waals surface area contributed by atoms with Crippen molar-refractivity contribution in [1.29, 1.82) is 0 Å². The fourth-order valence-corrected chi connectivity index (χ4v) is 2.67. The van der Waals surface area contributed by atoms with Crippen LogP contribution in [0.4, 0.5) is 5.13 Å². The predicted molar refractivity (Wildman–Crippen MR) is 64.5 cm³/mol. The number of carboxylic acids is 1. The van der Waals surface area contributed by atoms with E-state index in [0.29, 0.717) is 10.9 Å². The lowest BCUT2D eigenvalue weighted by atomic mass is 10.2. The Morgan fingerprint density at radius 1 is 1.62 bits per heavy atom. The van der Waals surface area contributed by atoms with E-state index in [2.05, 4.69) is 9.88 Å². The molecule has 16 heavy (non-hydrogen) atoms. The summed E-state index contributed by atoms with van der Waals surface area (Å²) in [5.74, 6) is -0.851. The first kappa shape index (κ1) is 11.4. The molecule has 1 aromatic heterocycles. The van der Waals surface area contributed by atoms with Crippen LogP contribution in [-0.2, 0) is 6.42 Å². The third kappa shape index (κ3) is 2.19. The minimum absolute atomic E-state index is 0.407. The Morgan fingerprint density at radius 2 is 2.31 bits per heavy atom. The Labute approximate surface area is 98.9 Å². The van der Waals surface area contributed by atoms with E-state index in [-0.39, 0.29) is 0 Å². The van der Waals surface area contributed by atoms with Gasteiger partial charge in [0.2, 0.25) is 0 Å². The van der Waals surface area contributed by atoms with Crippen LogP contribution in [0.1, 0.15) is 41.6 Å². The molecule has 5 heteroatoms. The Hall–Kier alpha value is -1.10. The maximum absolute atomic E-state index is 11.1. The van der Waals surface area contributed by atoms with Crippen molar-refractivity contribution in [3.8, 4) is 0 Å². The molecule has 2 rings (SSSR count). The van der Waals surface area contributed by atoms with Gasteiger partial charge in [-0.2, -0.15) is 0 Å². The van der Waals surface area contributed by atoms with Crippen molar-refractivity contribution in [3.05, 3.63) is 10.6 Å². The average molecular weight is 240 g/mol. The molecule has 0 bridgehead atoms. The second-order valence-electron chi connectivity index (χ2n) is 4.17. The van der Waals surface area contributed by atoms with Gasteiger partial charge in [-0.25, -0.2) is 9.78 Å². The van der Waals surface area contributed by atoms with E-state index >= 15 is 0 Å². The molecular formula is C11H16N2O2S. The molecule has 0 unspecified atom stereocenters. The van der Waals surface area contributed by atoms with Gasteiger partial charge in [-0.05, 0) is 19.3 Å². The topological polar surface area (TPSA) is 53.4 Å². The van der Waals surface area contributed by atoms with Crippen LogP contribution in [0.5, 0.6) is 0 Å². The van der Waals surface area contributed by atoms with Crippen molar-refractivity contribution in [2.75, 3.05) is 11.9 Å². The van der Waals surface area contributed by atoms with Crippen LogP contribution >= 0.6 is 11.3 Å². The third-order valence-corrected chi connectivity index (χ3v) is 3.94. The highest BCUT2D eigenvalue weighted by Crippen LogP contribution is 2.34. The number of aromatic nitrogens is 1. The normalized spacial score (nSPS) is 15.1. The number of nitrogens with zero attached hydrogens (tertiary/aromatic N) is 2. The number of aromatic carboxylic acids is 1. The first-order valence-corrected chi connectivity index (χ1v) is 6.41. The number of carbonyl (C=O) groups is 1. The number of hydrogen-bond donors (Lipinski definition) is 1. The molecule has 0 spiro atoms. The van der Waals surface area contributed by atoms with Gasteiger partial charge in [-0.15, -0.1) is 0 Å². The van der Waals surface area contributed by atoms with Gasteiger partial charge in [0.1, 0.15) is 4.88 Å². The fraction of sp³-hybridized carbons (Fsp3) is 0.636. The SMILES string of the molecule is CCCc1nc(N(C)C2CC2)sc1C(=O)O. The van der Waals surface area contributed by atoms with Crippen LogP contribution in [0, 0.1) is 0 Å². The summed E-state index contributed by atoms with van der Waals surface area (Å²) in [7, 11) is 2.00. The Bertz CT molecular complexity index is 399. The number of thiazole rings is 1. The van der Waals surface area contributed by atoms with E-state index in [1.807, 2.05) is 14.0 Å². The van der Waals surface area contributed by atoms with Crippen molar-refractivity contribution in [1.82, 2.24) is 4.98 Å². The quantitative estimate of drug-likeness (QED) is 0.858. The number of hydrogen-bond acceptors (Lipinski definition) is 4. The van der Waals surface area contributed by atoms with Crippen LogP contribution < -0.4 is 4.90 Å². The number of anilines is 1. The van der Waals surface area contributed by atoms with Gasteiger partial charge in [0.05, 0.1) is 5.69 Å². The van der Waals surface area contributed by atoms with Crippen LogP contribution in [0.3, 0.4) is 0 Å². The first-order valence-electron chi connectivity index (χ1n) is 5.59. The summed E-state index contributed by atoms with van der Waals surface area (Å²) in [6, 6.07) is 0.572. The fourth-order valence-electron chi connectivity index (χ4n) is 1.68. The zero-order valence-corrected chi connectivity index (χ0v) is 10.4. The van der Waals surface area contributed by atoms with Gasteiger partial charge < -0.3 is 10.0 Å². The van der Waals surface area contributed by atoms with E-state index in [4.69, 9.17) is 5.11 Å². The monoisotopic (exact) mass is 240 g/mol. The van der Waals surface area contributed by atoms with Crippen LogP contribution in [0.25, 0.3) is 0 Å². The van der Waals surface area contributed by atoms with E-state index in [9.17, 15) is 4.79 Å². The lowest BCUT2D eigenvalue weighted by molar-refractivity contribution is 0.0700. The standard InChI is InChI=1S/C11H16N2O2S/c1-3-4-8-9(10(14)15)16-11(12-8)13(2)7-5-6-7/h7H,3-6H2,1-2H3,(H,14,15). The largest absolute Gasteiger partial charge is 0.477 e. The number of carboxylic acid groups (broad SMARTS) is 1. The van der Waals surface area contributed by atoms with Crippen LogP contribution in [0.2, 0.25) is 0 Å². The number of aryl methyl sites for hydroxylation is 1. The van der Waals surface area contributed by atoms with Gasteiger partial charge in [-0.3, -0.25) is 0 Å². The first-order chi connectivity index (χ1) is 7.63. The molecule has 0 amide bonds. The summed E-state index contributed by atoms with van der Waals surface area (Å²) in [4.78, 5) is 18.0. The zero-order chi connectivity index (χ0) is 11.7. The van der Waals surface area contributed by atoms with Crippen molar-refractivity contribution < 1.29 is 9.90 Å². The van der Waals surface area contributed by atoms with Gasteiger partial charge in [0.15, 0.2) is 5.13 Å². The molecule has 0 aromatic carbocycles. The predicted octanol–water partition coefficient (Wildman–Crippen LogP) is 2.39. The molecule has 1 fully saturated rings. The van der Waals surface area contributed by atoms with Crippen LogP contribution in [0.15, 0.2) is 0 Å². The molecule has 4 nitrogen and oxygen atoms in total. The van der Waals surface area contributed by atoms with E-state index in [1.165, 1.54) is 24.2 Å². The molecule has 1 N–H and O–H groups in total. The van der Waals surface area contributed by atoms with Crippen molar-refractivity contribution in [2.45, 2.75) is 38.6 Å². The zero-order valence-electron chi connectivity index (χ0n) is 9.56. The maximum Gasteiger partial charge on any atom is 0.347 e. The van der Waals surface area contributed by atoms with E-state index in [0.717, 1.165) is 23.7 Å². The van der Waals surface area contributed by atoms with Gasteiger partial charge in [0, 0.05) is 13.1 Å². The molecule has 88 valence electrons. The van der Waals surface area contributed by atoms with E-state index < -0.39 is 5.97 Å². The average Bonchev–Trinajstić information content (AvgIpc) is 2.99. The number of rotatable bonds is 5. The van der Waals surface area contributed by atoms with Crippen LogP contribution in [-0.4, -0.2) is 29.1 Å². The maximum atomic E-state index is 11.1. The lowest BCUT2D eigenvalue weighted by Crippen LogP contribution is -2.18. The smallest absolute Gasteiger partial charge is 0.347 e. The summed E-state index contributed by atoms with van der Waals surface area (Å²) >= 11 is 1.30. The molecule has 0 aliphatic heterocycles. The molecule has 1 heterocycles. The Balaban J connectivity index is 2.25. The molecule has 0 saturated heterocycles. The van der Waals surface area contributed by atoms with E-state index in [1.54, 1.807) is 0 Å². The highest BCUT2D eigenvalue weighted by molar-refractivity contribution is 7.17. The summed E-state index contributed by atoms with van der Waals surface area (Å²) in [6.07, 6.45) is 4.07. The molecular weight excluding hydrogens is 224 g/mol. The second-order valence-corrected chi connectivity index (χ2v) is 5.15. The summed E-state index contributed by atoms with van der Waals surface area (Å²) in [5, 5.41) is 9.94. The highest BCUT2D eigenvalue weighted by atomic mass is 32.1. The molecule has 0 atom stereocenters. The third-order valence-electron chi connectivity index (χ3n) is 2.76. The molecule has 0 radical (unpaired) electrons. The molecule has 1 aliphatic rings. The second kappa shape index (κ2) is 4.41. The summed E-state index contributed by atoms with van der Waals surface area (Å²) in [6.45, 7) is 2.04. The Morgan fingerprint density at radius 3 is 2.81 bits per heavy atom.